The molecule has 0 spiro atoms. The molecule has 0 bridgehead atoms. The summed E-state index contributed by atoms with van der Waals surface area (Å²) in [5.41, 5.74) is 2.70. The van der Waals surface area contributed by atoms with Crippen LogP contribution in [-0.2, 0) is 0 Å². The Labute approximate surface area is 154 Å². The van der Waals surface area contributed by atoms with Crippen molar-refractivity contribution in [1.82, 2.24) is 15.2 Å². The van der Waals surface area contributed by atoms with E-state index in [4.69, 9.17) is 4.74 Å². The Hall–Kier alpha value is -3.14. The van der Waals surface area contributed by atoms with Crippen molar-refractivity contribution in [3.63, 3.8) is 0 Å². The second-order valence-corrected chi connectivity index (χ2v) is 4.90. The number of nitrogens with one attached hydrogen (secondary N) is 1. The standard InChI is InChI=1S/C18H13N3O.2C2H6/c1-3-7-13(8-4-1)17-15-11-12-16(19-18(15)21-20-17)22-14-9-5-2-6-10-14;2*1-2/h1-12H,(H,19,20,21);2*1-2H3. The minimum absolute atomic E-state index is 0.532. The van der Waals surface area contributed by atoms with Crippen molar-refractivity contribution in [2.75, 3.05) is 0 Å². The number of ether oxygens (including phenoxy) is 1. The van der Waals surface area contributed by atoms with Crippen LogP contribution in [0.5, 0.6) is 11.6 Å². The molecule has 134 valence electrons. The van der Waals surface area contributed by atoms with Crippen LogP contribution in [0.2, 0.25) is 0 Å². The molecule has 4 nitrogen and oxygen atoms in total. The van der Waals surface area contributed by atoms with Crippen LogP contribution in [-0.4, -0.2) is 15.2 Å². The molecule has 0 unspecified atom stereocenters. The van der Waals surface area contributed by atoms with E-state index in [9.17, 15) is 0 Å². The predicted octanol–water partition coefficient (Wildman–Crippen LogP) is 6.47. The van der Waals surface area contributed by atoms with Gasteiger partial charge in [0.1, 0.15) is 5.75 Å². The van der Waals surface area contributed by atoms with Gasteiger partial charge in [0, 0.05) is 17.0 Å². The lowest BCUT2D eigenvalue weighted by Gasteiger charge is -2.04. The number of hydrogen-bond acceptors (Lipinski definition) is 3. The highest BCUT2D eigenvalue weighted by atomic mass is 16.5. The van der Waals surface area contributed by atoms with Gasteiger partial charge in [-0.05, 0) is 18.2 Å². The van der Waals surface area contributed by atoms with Crippen molar-refractivity contribution >= 4 is 11.0 Å². The van der Waals surface area contributed by atoms with Crippen molar-refractivity contribution in [2.24, 2.45) is 0 Å². The highest BCUT2D eigenvalue weighted by molar-refractivity contribution is 5.90. The Balaban J connectivity index is 0.000000570. The zero-order chi connectivity index (χ0) is 18.8. The number of H-pyrrole nitrogens is 1. The average molecular weight is 347 g/mol. The highest BCUT2D eigenvalue weighted by Crippen LogP contribution is 2.27. The predicted molar refractivity (Wildman–Crippen MR) is 109 cm³/mol. The number of nitrogens with zero attached hydrogens (tertiary/aromatic N) is 2. The Morgan fingerprint density at radius 3 is 2.00 bits per heavy atom. The molecule has 4 heteroatoms. The van der Waals surface area contributed by atoms with Gasteiger partial charge in [-0.1, -0.05) is 76.2 Å². The lowest BCUT2D eigenvalue weighted by Crippen LogP contribution is -1.87. The smallest absolute Gasteiger partial charge is 0.221 e. The van der Waals surface area contributed by atoms with Gasteiger partial charge >= 0.3 is 0 Å². The minimum atomic E-state index is 0.532. The fourth-order valence-corrected chi connectivity index (χ4v) is 2.37. The van der Waals surface area contributed by atoms with Gasteiger partial charge in [0.05, 0.1) is 5.69 Å². The molecule has 26 heavy (non-hydrogen) atoms. The number of rotatable bonds is 3. The maximum atomic E-state index is 5.74. The minimum Gasteiger partial charge on any atom is -0.439 e. The molecular weight excluding hydrogens is 322 g/mol. The first kappa shape index (κ1) is 19.2. The Kier molecular flexibility index (Phi) is 7.37. The van der Waals surface area contributed by atoms with Crippen molar-refractivity contribution in [1.29, 1.82) is 0 Å². The van der Waals surface area contributed by atoms with Gasteiger partial charge in [-0.2, -0.15) is 10.1 Å². The quantitative estimate of drug-likeness (QED) is 0.462. The molecule has 2 aromatic heterocycles. The molecule has 4 rings (SSSR count). The molecule has 0 radical (unpaired) electrons. The van der Waals surface area contributed by atoms with Crippen molar-refractivity contribution in [3.05, 3.63) is 72.8 Å². The van der Waals surface area contributed by atoms with Gasteiger partial charge < -0.3 is 4.74 Å². The number of aromatic nitrogens is 3. The molecule has 2 heterocycles. The van der Waals surface area contributed by atoms with Crippen LogP contribution >= 0.6 is 0 Å². The lowest BCUT2D eigenvalue weighted by atomic mass is 10.1. The van der Waals surface area contributed by atoms with E-state index in [0.29, 0.717) is 11.5 Å². The van der Waals surface area contributed by atoms with Crippen LogP contribution in [0.25, 0.3) is 22.3 Å². The Morgan fingerprint density at radius 1 is 0.731 bits per heavy atom. The summed E-state index contributed by atoms with van der Waals surface area (Å²) in [6.45, 7) is 8.00. The maximum absolute atomic E-state index is 5.74. The third kappa shape index (κ3) is 4.48. The van der Waals surface area contributed by atoms with Crippen LogP contribution in [0, 0.1) is 0 Å². The molecule has 0 fully saturated rings. The van der Waals surface area contributed by atoms with Gasteiger partial charge in [0.15, 0.2) is 5.65 Å². The monoisotopic (exact) mass is 347 g/mol. The SMILES string of the molecule is CC.CC.c1ccc(Oc2ccc3c(-c4ccccc4)[nH]nc3n2)cc1. The molecule has 0 atom stereocenters. The first-order valence-corrected chi connectivity index (χ1v) is 9.03. The fourth-order valence-electron chi connectivity index (χ4n) is 2.37. The largest absolute Gasteiger partial charge is 0.439 e. The summed E-state index contributed by atoms with van der Waals surface area (Å²) in [7, 11) is 0. The number of para-hydroxylation sites is 1. The summed E-state index contributed by atoms with van der Waals surface area (Å²) in [4.78, 5) is 4.45. The highest BCUT2D eigenvalue weighted by Gasteiger charge is 2.09. The van der Waals surface area contributed by atoms with Crippen molar-refractivity contribution in [2.45, 2.75) is 27.7 Å². The van der Waals surface area contributed by atoms with E-state index in [2.05, 4.69) is 15.2 Å². The molecule has 0 aliphatic rings. The molecule has 0 saturated heterocycles. The third-order valence-electron chi connectivity index (χ3n) is 3.42. The van der Waals surface area contributed by atoms with E-state index in [-0.39, 0.29) is 0 Å². The van der Waals surface area contributed by atoms with Gasteiger partial charge in [0.25, 0.3) is 0 Å². The van der Waals surface area contributed by atoms with Gasteiger partial charge in [-0.25, -0.2) is 0 Å². The van der Waals surface area contributed by atoms with E-state index >= 15 is 0 Å². The van der Waals surface area contributed by atoms with E-state index in [1.807, 2.05) is 100 Å². The summed E-state index contributed by atoms with van der Waals surface area (Å²) >= 11 is 0. The van der Waals surface area contributed by atoms with Crippen LogP contribution in [0.15, 0.2) is 72.8 Å². The average Bonchev–Trinajstić information content (AvgIpc) is 3.16. The molecule has 0 aliphatic heterocycles. The number of benzene rings is 2. The molecule has 0 amide bonds. The van der Waals surface area contributed by atoms with Crippen LogP contribution in [0.3, 0.4) is 0 Å². The molecule has 0 aliphatic carbocycles. The number of fused-ring (bicyclic) bond motifs is 1. The molecule has 2 aromatic carbocycles. The van der Waals surface area contributed by atoms with Crippen LogP contribution < -0.4 is 4.74 Å². The summed E-state index contributed by atoms with van der Waals surface area (Å²) < 4.78 is 5.74. The molecule has 4 aromatic rings. The lowest BCUT2D eigenvalue weighted by molar-refractivity contribution is 0.465. The van der Waals surface area contributed by atoms with E-state index < -0.39 is 0 Å². The van der Waals surface area contributed by atoms with Crippen molar-refractivity contribution < 1.29 is 4.74 Å². The number of pyridine rings is 1. The summed E-state index contributed by atoms with van der Waals surface area (Å²) in [5, 5.41) is 8.31. The van der Waals surface area contributed by atoms with E-state index in [1.54, 1.807) is 0 Å². The van der Waals surface area contributed by atoms with Gasteiger partial charge in [-0.15, -0.1) is 0 Å². The zero-order valence-corrected chi connectivity index (χ0v) is 15.7. The van der Waals surface area contributed by atoms with Crippen LogP contribution in [0.4, 0.5) is 0 Å². The second-order valence-electron chi connectivity index (χ2n) is 4.90. The summed E-state index contributed by atoms with van der Waals surface area (Å²) in [6, 6.07) is 23.5. The third-order valence-corrected chi connectivity index (χ3v) is 3.42. The Bertz CT molecular complexity index is 902. The van der Waals surface area contributed by atoms with Gasteiger partial charge in [-0.3, -0.25) is 5.10 Å². The van der Waals surface area contributed by atoms with Crippen LogP contribution in [0.1, 0.15) is 27.7 Å². The molecule has 1 N–H and O–H groups in total. The first-order chi connectivity index (χ1) is 12.9. The molecule has 0 saturated carbocycles. The summed E-state index contributed by atoms with van der Waals surface area (Å²) in [5.74, 6) is 1.29. The topological polar surface area (TPSA) is 50.8 Å². The van der Waals surface area contributed by atoms with Gasteiger partial charge in [0.2, 0.25) is 5.88 Å². The van der Waals surface area contributed by atoms with Crippen molar-refractivity contribution in [3.8, 4) is 22.9 Å². The number of hydrogen-bond donors (Lipinski definition) is 1. The van der Waals surface area contributed by atoms with E-state index in [0.717, 1.165) is 22.4 Å². The first-order valence-electron chi connectivity index (χ1n) is 9.03. The number of aromatic amines is 1. The Morgan fingerprint density at radius 2 is 1.35 bits per heavy atom. The maximum Gasteiger partial charge on any atom is 0.221 e. The van der Waals surface area contributed by atoms with E-state index in [1.165, 1.54) is 0 Å². The summed E-state index contributed by atoms with van der Waals surface area (Å²) in [6.07, 6.45) is 0. The normalized spacial score (nSPS) is 9.54. The fraction of sp³-hybridized carbons (Fsp3) is 0.182. The second kappa shape index (κ2) is 9.99. The molecular formula is C22H25N3O. The zero-order valence-electron chi connectivity index (χ0n) is 15.7.